The fraction of sp³-hybridized carbons (Fsp3) is 0.0909. The van der Waals surface area contributed by atoms with Gasteiger partial charge in [-0.25, -0.2) is 0 Å². The second kappa shape index (κ2) is 3.24. The first kappa shape index (κ1) is 9.45. The van der Waals surface area contributed by atoms with Crippen molar-refractivity contribution in [3.05, 3.63) is 24.3 Å². The minimum absolute atomic E-state index is 0.00455. The van der Waals surface area contributed by atoms with Gasteiger partial charge in [-0.05, 0) is 35.0 Å². The van der Waals surface area contributed by atoms with E-state index in [0.29, 0.717) is 16.5 Å². The van der Waals surface area contributed by atoms with Crippen LogP contribution in [0.15, 0.2) is 24.3 Å². The molecule has 0 saturated heterocycles. The number of aromatic hydroxyl groups is 3. The molecule has 2 aromatic carbocycles. The summed E-state index contributed by atoms with van der Waals surface area (Å²) in [5, 5.41) is 29.4. The number of benzene rings is 2. The summed E-state index contributed by atoms with van der Waals surface area (Å²) < 4.78 is 4.93. The van der Waals surface area contributed by atoms with Crippen LogP contribution in [-0.4, -0.2) is 22.4 Å². The maximum atomic E-state index is 9.50. The quantitative estimate of drug-likeness (QED) is 0.624. The number of rotatable bonds is 1. The number of phenols is 3. The standard InChI is InChI=1S/C11H10O4/c1-15-11-5-7-3-9(13)8(12)2-6(7)4-10(11)14/h2-5,12-14H,1H3. The first-order chi connectivity index (χ1) is 7.11. The van der Waals surface area contributed by atoms with Crippen molar-refractivity contribution >= 4 is 10.8 Å². The minimum atomic E-state index is -0.216. The van der Waals surface area contributed by atoms with Crippen molar-refractivity contribution < 1.29 is 20.1 Å². The lowest BCUT2D eigenvalue weighted by Gasteiger charge is -2.06. The molecular weight excluding hydrogens is 196 g/mol. The molecule has 2 rings (SSSR count). The molecule has 0 saturated carbocycles. The van der Waals surface area contributed by atoms with Gasteiger partial charge in [0, 0.05) is 0 Å². The molecule has 15 heavy (non-hydrogen) atoms. The molecule has 0 radical (unpaired) electrons. The Morgan fingerprint density at radius 1 is 0.800 bits per heavy atom. The van der Waals surface area contributed by atoms with Crippen LogP contribution in [0.4, 0.5) is 0 Å². The molecule has 0 aliphatic rings. The molecule has 0 heterocycles. The number of ether oxygens (including phenoxy) is 1. The zero-order valence-electron chi connectivity index (χ0n) is 8.06. The van der Waals surface area contributed by atoms with E-state index in [9.17, 15) is 15.3 Å². The third kappa shape index (κ3) is 1.50. The Morgan fingerprint density at radius 3 is 1.80 bits per heavy atom. The summed E-state index contributed by atoms with van der Waals surface area (Å²) >= 11 is 0. The Kier molecular flexibility index (Phi) is 2.04. The predicted molar refractivity (Wildman–Crippen MR) is 55.5 cm³/mol. The first-order valence-electron chi connectivity index (χ1n) is 4.34. The molecule has 4 nitrogen and oxygen atoms in total. The highest BCUT2D eigenvalue weighted by Crippen LogP contribution is 2.36. The fourth-order valence-electron chi connectivity index (χ4n) is 1.46. The predicted octanol–water partition coefficient (Wildman–Crippen LogP) is 1.97. The van der Waals surface area contributed by atoms with E-state index >= 15 is 0 Å². The molecular formula is C11H10O4. The molecule has 2 aromatic rings. The average molecular weight is 206 g/mol. The van der Waals surface area contributed by atoms with Crippen molar-refractivity contribution in [3.63, 3.8) is 0 Å². The molecule has 4 heteroatoms. The maximum absolute atomic E-state index is 9.50. The monoisotopic (exact) mass is 206 g/mol. The molecule has 0 unspecified atom stereocenters. The molecule has 0 bridgehead atoms. The van der Waals surface area contributed by atoms with E-state index in [1.165, 1.54) is 25.3 Å². The van der Waals surface area contributed by atoms with Gasteiger partial charge < -0.3 is 20.1 Å². The van der Waals surface area contributed by atoms with Gasteiger partial charge in [0.15, 0.2) is 23.0 Å². The molecule has 0 aliphatic carbocycles. The second-order valence-corrected chi connectivity index (χ2v) is 3.21. The van der Waals surface area contributed by atoms with Crippen molar-refractivity contribution in [2.24, 2.45) is 0 Å². The topological polar surface area (TPSA) is 69.9 Å². The Hall–Kier alpha value is -2.10. The molecule has 0 amide bonds. The van der Waals surface area contributed by atoms with Gasteiger partial charge >= 0.3 is 0 Å². The number of methoxy groups -OCH3 is 1. The molecule has 3 N–H and O–H groups in total. The highest BCUT2D eigenvalue weighted by atomic mass is 16.5. The van der Waals surface area contributed by atoms with Gasteiger partial charge in [-0.15, -0.1) is 0 Å². The fourth-order valence-corrected chi connectivity index (χ4v) is 1.46. The summed E-state index contributed by atoms with van der Waals surface area (Å²) in [5.74, 6) is -0.0926. The summed E-state index contributed by atoms with van der Waals surface area (Å²) in [5.41, 5.74) is 0. The van der Waals surface area contributed by atoms with Crippen LogP contribution in [0, 0.1) is 0 Å². The van der Waals surface area contributed by atoms with E-state index in [4.69, 9.17) is 4.74 Å². The largest absolute Gasteiger partial charge is 0.504 e. The molecule has 0 aliphatic heterocycles. The normalized spacial score (nSPS) is 10.5. The van der Waals surface area contributed by atoms with Crippen LogP contribution in [0.5, 0.6) is 23.0 Å². The van der Waals surface area contributed by atoms with Crippen molar-refractivity contribution in [3.8, 4) is 23.0 Å². The third-order valence-electron chi connectivity index (χ3n) is 2.23. The van der Waals surface area contributed by atoms with E-state index in [-0.39, 0.29) is 17.2 Å². The number of hydrogen-bond donors (Lipinski definition) is 3. The Balaban J connectivity index is 2.76. The van der Waals surface area contributed by atoms with E-state index in [2.05, 4.69) is 0 Å². The molecule has 0 aromatic heterocycles. The van der Waals surface area contributed by atoms with Gasteiger partial charge in [0.1, 0.15) is 0 Å². The molecule has 78 valence electrons. The van der Waals surface area contributed by atoms with E-state index in [1.54, 1.807) is 6.07 Å². The Labute approximate surface area is 86.0 Å². The lowest BCUT2D eigenvalue weighted by Crippen LogP contribution is -1.84. The van der Waals surface area contributed by atoms with Crippen LogP contribution < -0.4 is 4.74 Å². The Morgan fingerprint density at radius 2 is 1.27 bits per heavy atom. The number of hydrogen-bond acceptors (Lipinski definition) is 4. The van der Waals surface area contributed by atoms with Crippen molar-refractivity contribution in [1.29, 1.82) is 0 Å². The Bertz CT molecular complexity index is 519. The highest BCUT2D eigenvalue weighted by molar-refractivity contribution is 5.88. The summed E-state index contributed by atoms with van der Waals surface area (Å²) in [6.07, 6.45) is 0. The third-order valence-corrected chi connectivity index (χ3v) is 2.23. The zero-order chi connectivity index (χ0) is 11.0. The summed E-state index contributed by atoms with van der Waals surface area (Å²) in [6.45, 7) is 0. The highest BCUT2D eigenvalue weighted by Gasteiger charge is 2.07. The lowest BCUT2D eigenvalue weighted by molar-refractivity contribution is 0.374. The minimum Gasteiger partial charge on any atom is -0.504 e. The lowest BCUT2D eigenvalue weighted by atomic mass is 10.1. The number of fused-ring (bicyclic) bond motifs is 1. The summed E-state index contributed by atoms with van der Waals surface area (Å²) in [7, 11) is 1.45. The molecule has 0 atom stereocenters. The van der Waals surface area contributed by atoms with Crippen molar-refractivity contribution in [1.82, 2.24) is 0 Å². The smallest absolute Gasteiger partial charge is 0.161 e. The van der Waals surface area contributed by atoms with Crippen LogP contribution in [-0.2, 0) is 0 Å². The van der Waals surface area contributed by atoms with Crippen LogP contribution in [0.3, 0.4) is 0 Å². The van der Waals surface area contributed by atoms with Gasteiger partial charge in [-0.2, -0.15) is 0 Å². The van der Waals surface area contributed by atoms with Gasteiger partial charge in [0.2, 0.25) is 0 Å². The van der Waals surface area contributed by atoms with E-state index in [0.717, 1.165) is 0 Å². The first-order valence-corrected chi connectivity index (χ1v) is 4.34. The van der Waals surface area contributed by atoms with Crippen molar-refractivity contribution in [2.75, 3.05) is 7.11 Å². The van der Waals surface area contributed by atoms with Crippen molar-refractivity contribution in [2.45, 2.75) is 0 Å². The van der Waals surface area contributed by atoms with Crippen LogP contribution in [0.2, 0.25) is 0 Å². The summed E-state index contributed by atoms with van der Waals surface area (Å²) in [6, 6.07) is 5.84. The SMILES string of the molecule is COc1cc2cc(O)c(O)cc2cc1O. The van der Waals surface area contributed by atoms with Crippen LogP contribution in [0.25, 0.3) is 10.8 Å². The zero-order valence-corrected chi connectivity index (χ0v) is 8.06. The van der Waals surface area contributed by atoms with E-state index in [1.807, 2.05) is 0 Å². The van der Waals surface area contributed by atoms with Gasteiger partial charge in [0.05, 0.1) is 7.11 Å². The van der Waals surface area contributed by atoms with Gasteiger partial charge in [0.25, 0.3) is 0 Å². The maximum Gasteiger partial charge on any atom is 0.161 e. The van der Waals surface area contributed by atoms with Gasteiger partial charge in [-0.1, -0.05) is 0 Å². The second-order valence-electron chi connectivity index (χ2n) is 3.21. The van der Waals surface area contributed by atoms with Crippen LogP contribution in [0.1, 0.15) is 0 Å². The average Bonchev–Trinajstić information content (AvgIpc) is 2.20. The summed E-state index contributed by atoms with van der Waals surface area (Å²) in [4.78, 5) is 0. The van der Waals surface area contributed by atoms with Gasteiger partial charge in [-0.3, -0.25) is 0 Å². The van der Waals surface area contributed by atoms with E-state index < -0.39 is 0 Å². The number of phenolic OH excluding ortho intramolecular Hbond substituents is 3. The molecule has 0 spiro atoms. The molecule has 0 fully saturated rings. The van der Waals surface area contributed by atoms with Crippen LogP contribution >= 0.6 is 0 Å².